The van der Waals surface area contributed by atoms with E-state index in [2.05, 4.69) is 37.3 Å². The number of hydrogen-bond donors (Lipinski definition) is 3. The molecule has 4 N–H and O–H groups in total. The van der Waals surface area contributed by atoms with Crippen molar-refractivity contribution >= 4 is 16.8 Å². The summed E-state index contributed by atoms with van der Waals surface area (Å²) in [4.78, 5) is 20.6. The average Bonchev–Trinajstić information content (AvgIpc) is 3.38. The maximum atomic E-state index is 11.7. The monoisotopic (exact) mass is 395 g/mol. The second-order valence-electron chi connectivity index (χ2n) is 6.79. The van der Waals surface area contributed by atoms with Crippen LogP contribution in [0.1, 0.15) is 35.9 Å². The first-order valence-electron chi connectivity index (χ1n) is 9.22. The van der Waals surface area contributed by atoms with Crippen LogP contribution in [-0.2, 0) is 13.6 Å². The lowest BCUT2D eigenvalue weighted by molar-refractivity contribution is 0.0996. The Labute approximate surface area is 165 Å². The van der Waals surface area contributed by atoms with Crippen LogP contribution in [0.4, 0.5) is 0 Å². The van der Waals surface area contributed by atoms with Crippen LogP contribution in [0, 0.1) is 6.92 Å². The van der Waals surface area contributed by atoms with Crippen molar-refractivity contribution in [3.63, 3.8) is 0 Å². The predicted octanol–water partition coefficient (Wildman–Crippen LogP) is 1.53. The van der Waals surface area contributed by atoms with Crippen molar-refractivity contribution < 1.29 is 9.90 Å². The molecule has 0 bridgehead atoms. The fraction of sp³-hybridized carbons (Fsp3) is 0.333. The lowest BCUT2D eigenvalue weighted by Crippen LogP contribution is -2.13. The molecule has 29 heavy (non-hydrogen) atoms. The summed E-state index contributed by atoms with van der Waals surface area (Å²) in [6.45, 7) is 4.46. The summed E-state index contributed by atoms with van der Waals surface area (Å²) in [6, 6.07) is 1.58. The molecule has 1 amide bonds. The summed E-state index contributed by atoms with van der Waals surface area (Å²) >= 11 is 0. The summed E-state index contributed by atoms with van der Waals surface area (Å²) in [7, 11) is 1.76. The van der Waals surface area contributed by atoms with Gasteiger partial charge in [-0.25, -0.2) is 9.97 Å². The van der Waals surface area contributed by atoms with Gasteiger partial charge in [-0.2, -0.15) is 15.3 Å². The van der Waals surface area contributed by atoms with E-state index in [0.717, 1.165) is 12.8 Å². The number of aromatic nitrogens is 8. The van der Waals surface area contributed by atoms with Crippen molar-refractivity contribution in [2.24, 2.45) is 12.8 Å². The SMILES string of the molecule is CCCCn1nc(C)c(O)c1-c1nc(-c2nc(C(N)=O)cc3c2cnn3C)n[nH]1. The van der Waals surface area contributed by atoms with Crippen molar-refractivity contribution in [3.8, 4) is 28.8 Å². The highest BCUT2D eigenvalue weighted by Crippen LogP contribution is 2.32. The van der Waals surface area contributed by atoms with E-state index >= 15 is 0 Å². The number of pyridine rings is 1. The number of fused-ring (bicyclic) bond motifs is 1. The van der Waals surface area contributed by atoms with Crippen LogP contribution >= 0.6 is 0 Å². The van der Waals surface area contributed by atoms with E-state index < -0.39 is 5.91 Å². The zero-order chi connectivity index (χ0) is 20.7. The number of nitrogens with two attached hydrogens (primary N) is 1. The fourth-order valence-corrected chi connectivity index (χ4v) is 3.19. The minimum atomic E-state index is -0.656. The zero-order valence-electron chi connectivity index (χ0n) is 16.3. The highest BCUT2D eigenvalue weighted by molar-refractivity contribution is 5.98. The van der Waals surface area contributed by atoms with Gasteiger partial charge in [-0.1, -0.05) is 13.3 Å². The summed E-state index contributed by atoms with van der Waals surface area (Å²) < 4.78 is 3.33. The number of hydrogen-bond acceptors (Lipinski definition) is 7. The standard InChI is InChI=1S/C18H21N9O2/c1-4-5-6-27-14(15(28)9(2)25-27)18-22-17(23-24-18)13-10-8-20-26(3)12(10)7-11(21-13)16(19)29/h7-8,28H,4-6H2,1-3H3,(H2,19,29)(H,22,23,24). The topological polar surface area (TPSA) is 153 Å². The number of aromatic hydroxyl groups is 1. The second-order valence-corrected chi connectivity index (χ2v) is 6.79. The van der Waals surface area contributed by atoms with Gasteiger partial charge in [-0.3, -0.25) is 19.3 Å². The third-order valence-corrected chi connectivity index (χ3v) is 4.74. The van der Waals surface area contributed by atoms with Crippen LogP contribution in [0.2, 0.25) is 0 Å². The highest BCUT2D eigenvalue weighted by atomic mass is 16.3. The Balaban J connectivity index is 1.85. The van der Waals surface area contributed by atoms with Crippen LogP contribution < -0.4 is 5.73 Å². The number of aromatic amines is 1. The Kier molecular flexibility index (Phi) is 4.49. The molecule has 4 heterocycles. The first kappa shape index (κ1) is 18.6. The van der Waals surface area contributed by atoms with Gasteiger partial charge in [0.2, 0.25) is 5.82 Å². The van der Waals surface area contributed by atoms with Crippen LogP contribution in [-0.4, -0.2) is 50.7 Å². The molecule has 0 saturated heterocycles. The number of amides is 1. The van der Waals surface area contributed by atoms with Gasteiger partial charge in [0, 0.05) is 19.0 Å². The molecule has 0 unspecified atom stereocenters. The molecule has 4 aromatic heterocycles. The molecule has 0 aliphatic heterocycles. The third kappa shape index (κ3) is 3.10. The molecule has 0 aliphatic carbocycles. The Bertz CT molecular complexity index is 1220. The summed E-state index contributed by atoms with van der Waals surface area (Å²) in [6.07, 6.45) is 3.53. The van der Waals surface area contributed by atoms with Gasteiger partial charge in [0.1, 0.15) is 22.8 Å². The molecule has 4 aromatic rings. The normalized spacial score (nSPS) is 11.4. The summed E-state index contributed by atoms with van der Waals surface area (Å²) in [5.41, 5.74) is 7.56. The van der Waals surface area contributed by atoms with Crippen LogP contribution in [0.25, 0.3) is 33.9 Å². The molecular formula is C18H21N9O2. The van der Waals surface area contributed by atoms with Gasteiger partial charge in [-0.05, 0) is 19.4 Å². The molecule has 0 atom stereocenters. The minimum absolute atomic E-state index is 0.0502. The molecule has 0 radical (unpaired) electrons. The number of carbonyl (C=O) groups excluding carboxylic acids is 1. The maximum absolute atomic E-state index is 11.7. The number of primary amides is 1. The molecule has 0 spiro atoms. The Hall–Kier alpha value is -3.76. The third-order valence-electron chi connectivity index (χ3n) is 4.74. The van der Waals surface area contributed by atoms with Gasteiger partial charge in [-0.15, -0.1) is 0 Å². The second kappa shape index (κ2) is 7.00. The lowest BCUT2D eigenvalue weighted by atomic mass is 10.2. The van der Waals surface area contributed by atoms with Crippen LogP contribution in [0.15, 0.2) is 12.3 Å². The van der Waals surface area contributed by atoms with E-state index in [0.29, 0.717) is 40.4 Å². The van der Waals surface area contributed by atoms with Gasteiger partial charge in [0.05, 0.1) is 11.7 Å². The Morgan fingerprint density at radius 1 is 1.34 bits per heavy atom. The van der Waals surface area contributed by atoms with E-state index in [-0.39, 0.29) is 17.3 Å². The molecule has 11 nitrogen and oxygen atoms in total. The molecule has 0 fully saturated rings. The van der Waals surface area contributed by atoms with Gasteiger partial charge < -0.3 is 10.8 Å². The highest BCUT2D eigenvalue weighted by Gasteiger charge is 2.22. The molecular weight excluding hydrogens is 374 g/mol. The number of rotatable bonds is 6. The molecule has 4 rings (SSSR count). The lowest BCUT2D eigenvalue weighted by Gasteiger charge is -2.04. The predicted molar refractivity (Wildman–Crippen MR) is 105 cm³/mol. The minimum Gasteiger partial charge on any atom is -0.504 e. The zero-order valence-corrected chi connectivity index (χ0v) is 16.3. The van der Waals surface area contributed by atoms with Gasteiger partial charge in [0.25, 0.3) is 5.91 Å². The largest absolute Gasteiger partial charge is 0.504 e. The van der Waals surface area contributed by atoms with Gasteiger partial charge >= 0.3 is 0 Å². The first-order chi connectivity index (χ1) is 13.9. The van der Waals surface area contributed by atoms with Gasteiger partial charge in [0.15, 0.2) is 11.6 Å². The summed E-state index contributed by atoms with van der Waals surface area (Å²) in [5.74, 6) is 0.0177. The fourth-order valence-electron chi connectivity index (χ4n) is 3.19. The Morgan fingerprint density at radius 2 is 2.14 bits per heavy atom. The molecule has 150 valence electrons. The van der Waals surface area contributed by atoms with Crippen molar-refractivity contribution in [1.29, 1.82) is 0 Å². The summed E-state index contributed by atoms with van der Waals surface area (Å²) in [5, 5.41) is 26.9. The number of nitrogens with one attached hydrogen (secondary N) is 1. The van der Waals surface area contributed by atoms with Crippen LogP contribution in [0.3, 0.4) is 0 Å². The molecule has 0 aromatic carbocycles. The van der Waals surface area contributed by atoms with E-state index in [1.54, 1.807) is 35.6 Å². The quantitative estimate of drug-likeness (QED) is 0.447. The average molecular weight is 395 g/mol. The Morgan fingerprint density at radius 3 is 2.86 bits per heavy atom. The van der Waals surface area contributed by atoms with Crippen molar-refractivity contribution in [2.45, 2.75) is 33.2 Å². The molecule has 0 saturated carbocycles. The molecule has 11 heteroatoms. The number of unbranched alkanes of at least 4 members (excludes halogenated alkanes) is 1. The maximum Gasteiger partial charge on any atom is 0.267 e. The number of aryl methyl sites for hydroxylation is 3. The molecule has 0 aliphatic rings. The van der Waals surface area contributed by atoms with Crippen molar-refractivity contribution in [1.82, 2.24) is 39.7 Å². The smallest absolute Gasteiger partial charge is 0.267 e. The van der Waals surface area contributed by atoms with Crippen molar-refractivity contribution in [3.05, 3.63) is 23.7 Å². The van der Waals surface area contributed by atoms with E-state index in [9.17, 15) is 9.90 Å². The number of carbonyl (C=O) groups is 1. The first-order valence-corrected chi connectivity index (χ1v) is 9.22. The van der Waals surface area contributed by atoms with E-state index in [1.807, 2.05) is 0 Å². The number of H-pyrrole nitrogens is 1. The van der Waals surface area contributed by atoms with E-state index in [4.69, 9.17) is 5.73 Å². The van der Waals surface area contributed by atoms with Crippen molar-refractivity contribution in [2.75, 3.05) is 0 Å². The van der Waals surface area contributed by atoms with E-state index in [1.165, 1.54) is 0 Å². The number of nitrogens with zero attached hydrogens (tertiary/aromatic N) is 7. The van der Waals surface area contributed by atoms with Crippen LogP contribution in [0.5, 0.6) is 5.75 Å².